The Labute approximate surface area is 167 Å². The van der Waals surface area contributed by atoms with Crippen LogP contribution < -0.4 is 10.2 Å². The Morgan fingerprint density at radius 3 is 2.82 bits per heavy atom. The number of piperazine rings is 1. The predicted octanol–water partition coefficient (Wildman–Crippen LogP) is 3.51. The molecule has 0 bridgehead atoms. The molecule has 4 nitrogen and oxygen atoms in total. The van der Waals surface area contributed by atoms with Gasteiger partial charge >= 0.3 is 0 Å². The second-order valence-corrected chi connectivity index (χ2v) is 8.00. The van der Waals surface area contributed by atoms with Crippen LogP contribution in [-0.4, -0.2) is 50.3 Å². The van der Waals surface area contributed by atoms with Crippen molar-refractivity contribution in [1.82, 2.24) is 10.2 Å². The topological polar surface area (TPSA) is 27.7 Å². The van der Waals surface area contributed by atoms with E-state index in [4.69, 9.17) is 4.74 Å². The molecule has 2 aromatic carbocycles. The third kappa shape index (κ3) is 4.22. The molecular formula is C23H30FN3O. The summed E-state index contributed by atoms with van der Waals surface area (Å²) in [4.78, 5) is 4.53. The number of halogens is 1. The van der Waals surface area contributed by atoms with Crippen molar-refractivity contribution in [1.29, 1.82) is 0 Å². The predicted molar refractivity (Wildman–Crippen MR) is 111 cm³/mol. The molecule has 0 radical (unpaired) electrons. The Bertz CT molecular complexity index is 812. The summed E-state index contributed by atoms with van der Waals surface area (Å²) in [6, 6.07) is 14.8. The largest absolute Gasteiger partial charge is 0.377 e. The first-order valence-corrected chi connectivity index (χ1v) is 10.3. The number of ether oxygens (including phenoxy) is 1. The third-order valence-electron chi connectivity index (χ3n) is 5.92. The lowest BCUT2D eigenvalue weighted by molar-refractivity contribution is 0.0986. The van der Waals surface area contributed by atoms with Crippen LogP contribution in [0.15, 0.2) is 42.5 Å². The van der Waals surface area contributed by atoms with Gasteiger partial charge in [0.1, 0.15) is 5.82 Å². The molecule has 150 valence electrons. The van der Waals surface area contributed by atoms with Crippen molar-refractivity contribution >= 4 is 5.69 Å². The van der Waals surface area contributed by atoms with Gasteiger partial charge in [-0.15, -0.1) is 0 Å². The summed E-state index contributed by atoms with van der Waals surface area (Å²) >= 11 is 0. The highest BCUT2D eigenvalue weighted by Gasteiger charge is 2.24. The lowest BCUT2D eigenvalue weighted by atomic mass is 9.99. The maximum Gasteiger partial charge on any atom is 0.146 e. The summed E-state index contributed by atoms with van der Waals surface area (Å²) in [5.41, 5.74) is 4.40. The fourth-order valence-electron chi connectivity index (χ4n) is 4.37. The zero-order valence-electron chi connectivity index (χ0n) is 16.8. The van der Waals surface area contributed by atoms with Crippen LogP contribution in [0.1, 0.15) is 29.7 Å². The maximum atomic E-state index is 14.8. The normalized spacial score (nSPS) is 23.8. The van der Waals surface area contributed by atoms with Crippen molar-refractivity contribution < 1.29 is 9.13 Å². The summed E-state index contributed by atoms with van der Waals surface area (Å²) in [7, 11) is 0. The molecule has 1 unspecified atom stereocenters. The number of rotatable bonds is 4. The van der Waals surface area contributed by atoms with Gasteiger partial charge in [-0.05, 0) is 42.7 Å². The van der Waals surface area contributed by atoms with Crippen LogP contribution in [0, 0.1) is 12.7 Å². The van der Waals surface area contributed by atoms with E-state index in [1.807, 2.05) is 6.07 Å². The minimum atomic E-state index is -0.128. The first kappa shape index (κ1) is 19.4. The number of morpholine rings is 1. The standard InChI is InChI=1S/C23H30FN3O/c1-17-5-3-4-6-20(17)22-15-26(10-9-25-22)14-19-7-8-23(21(24)13-19)27-11-12-28-16-18(27)2/h3-8,13,18,22,25H,9-12,14-16H2,1-2H3/t18?,22-/m0/s1. The number of nitrogens with one attached hydrogen (secondary N) is 1. The number of aryl methyl sites for hydroxylation is 1. The van der Waals surface area contributed by atoms with Gasteiger partial charge in [-0.3, -0.25) is 4.90 Å². The van der Waals surface area contributed by atoms with Crippen LogP contribution in [-0.2, 0) is 11.3 Å². The SMILES string of the molecule is Cc1ccccc1[C@@H]1CN(Cc2ccc(N3CCOCC3C)c(F)c2)CCN1. The Morgan fingerprint density at radius 2 is 2.04 bits per heavy atom. The van der Waals surface area contributed by atoms with E-state index in [2.05, 4.69) is 59.3 Å². The van der Waals surface area contributed by atoms with Gasteiger partial charge in [-0.1, -0.05) is 30.3 Å². The highest BCUT2D eigenvalue weighted by atomic mass is 19.1. The number of hydrogen-bond acceptors (Lipinski definition) is 4. The number of nitrogens with zero attached hydrogens (tertiary/aromatic N) is 2. The molecular weight excluding hydrogens is 353 g/mol. The van der Waals surface area contributed by atoms with Crippen LogP contribution in [0.4, 0.5) is 10.1 Å². The molecule has 0 saturated carbocycles. The van der Waals surface area contributed by atoms with E-state index < -0.39 is 0 Å². The second kappa shape index (κ2) is 8.60. The fraction of sp³-hybridized carbons (Fsp3) is 0.478. The van der Waals surface area contributed by atoms with Crippen LogP contribution in [0.25, 0.3) is 0 Å². The van der Waals surface area contributed by atoms with Gasteiger partial charge < -0.3 is 15.0 Å². The zero-order chi connectivity index (χ0) is 19.5. The van der Waals surface area contributed by atoms with E-state index in [9.17, 15) is 4.39 Å². The summed E-state index contributed by atoms with van der Waals surface area (Å²) in [6.45, 7) is 9.95. The van der Waals surface area contributed by atoms with Crippen LogP contribution in [0.5, 0.6) is 0 Å². The Morgan fingerprint density at radius 1 is 1.18 bits per heavy atom. The number of benzene rings is 2. The van der Waals surface area contributed by atoms with Gasteiger partial charge in [0.15, 0.2) is 0 Å². The summed E-state index contributed by atoms with van der Waals surface area (Å²) in [5.74, 6) is -0.128. The van der Waals surface area contributed by atoms with E-state index in [0.717, 1.165) is 38.3 Å². The molecule has 0 spiro atoms. The molecule has 28 heavy (non-hydrogen) atoms. The van der Waals surface area contributed by atoms with Crippen molar-refractivity contribution in [2.45, 2.75) is 32.5 Å². The monoisotopic (exact) mass is 383 g/mol. The van der Waals surface area contributed by atoms with Gasteiger partial charge in [0.25, 0.3) is 0 Å². The van der Waals surface area contributed by atoms with Crippen molar-refractivity contribution in [2.75, 3.05) is 44.3 Å². The van der Waals surface area contributed by atoms with Crippen LogP contribution in [0.3, 0.4) is 0 Å². The van der Waals surface area contributed by atoms with Crippen LogP contribution >= 0.6 is 0 Å². The minimum absolute atomic E-state index is 0.128. The Balaban J connectivity index is 1.44. The highest BCUT2D eigenvalue weighted by molar-refractivity contribution is 5.50. The third-order valence-corrected chi connectivity index (χ3v) is 5.92. The molecule has 4 rings (SSSR count). The molecule has 1 N–H and O–H groups in total. The van der Waals surface area contributed by atoms with Crippen molar-refractivity contribution in [3.63, 3.8) is 0 Å². The molecule has 2 aromatic rings. The quantitative estimate of drug-likeness (QED) is 0.875. The molecule has 2 atom stereocenters. The van der Waals surface area contributed by atoms with E-state index in [0.29, 0.717) is 24.9 Å². The van der Waals surface area contributed by atoms with E-state index in [-0.39, 0.29) is 11.9 Å². The molecule has 2 saturated heterocycles. The fourth-order valence-corrected chi connectivity index (χ4v) is 4.37. The van der Waals surface area contributed by atoms with Gasteiger partial charge in [0.2, 0.25) is 0 Å². The molecule has 2 aliphatic heterocycles. The second-order valence-electron chi connectivity index (χ2n) is 8.00. The first-order chi connectivity index (χ1) is 13.6. The Kier molecular flexibility index (Phi) is 5.95. The zero-order valence-corrected chi connectivity index (χ0v) is 16.8. The van der Waals surface area contributed by atoms with E-state index in [1.54, 1.807) is 6.07 Å². The molecule has 2 heterocycles. The average Bonchev–Trinajstić information content (AvgIpc) is 2.70. The first-order valence-electron chi connectivity index (χ1n) is 10.3. The van der Waals surface area contributed by atoms with E-state index >= 15 is 0 Å². The molecule has 0 amide bonds. The van der Waals surface area contributed by atoms with Gasteiger partial charge in [0, 0.05) is 44.8 Å². The Hall–Kier alpha value is -1.95. The smallest absolute Gasteiger partial charge is 0.146 e. The van der Waals surface area contributed by atoms with Gasteiger partial charge in [-0.25, -0.2) is 4.39 Å². The number of anilines is 1. The molecule has 2 fully saturated rings. The van der Waals surface area contributed by atoms with Crippen molar-refractivity contribution in [2.24, 2.45) is 0 Å². The van der Waals surface area contributed by atoms with Crippen molar-refractivity contribution in [3.8, 4) is 0 Å². The van der Waals surface area contributed by atoms with Crippen LogP contribution in [0.2, 0.25) is 0 Å². The van der Waals surface area contributed by atoms with Gasteiger partial charge in [0.05, 0.1) is 18.9 Å². The lowest BCUT2D eigenvalue weighted by Gasteiger charge is -2.36. The van der Waals surface area contributed by atoms with Gasteiger partial charge in [-0.2, -0.15) is 0 Å². The van der Waals surface area contributed by atoms with E-state index in [1.165, 1.54) is 11.1 Å². The molecule has 0 aromatic heterocycles. The highest BCUT2D eigenvalue weighted by Crippen LogP contribution is 2.26. The number of hydrogen-bond donors (Lipinski definition) is 1. The minimum Gasteiger partial charge on any atom is -0.377 e. The summed E-state index contributed by atoms with van der Waals surface area (Å²) < 4.78 is 20.3. The average molecular weight is 384 g/mol. The maximum absolute atomic E-state index is 14.8. The van der Waals surface area contributed by atoms with Crippen molar-refractivity contribution in [3.05, 3.63) is 65.0 Å². The summed E-state index contributed by atoms with van der Waals surface area (Å²) in [5, 5.41) is 3.63. The molecule has 5 heteroatoms. The molecule has 2 aliphatic rings. The molecule has 0 aliphatic carbocycles. The lowest BCUT2D eigenvalue weighted by Crippen LogP contribution is -2.45. The summed E-state index contributed by atoms with van der Waals surface area (Å²) in [6.07, 6.45) is 0.